The average molecular weight is 511 g/mol. The second kappa shape index (κ2) is 9.96. The Morgan fingerprint density at radius 3 is 2.45 bits per heavy atom. The summed E-state index contributed by atoms with van der Waals surface area (Å²) in [4.78, 5) is 32.1. The number of carbonyl (C=O) groups excluding carboxylic acids is 1. The first-order valence-electron chi connectivity index (χ1n) is 13.2. The van der Waals surface area contributed by atoms with Crippen molar-refractivity contribution in [2.75, 3.05) is 6.54 Å². The summed E-state index contributed by atoms with van der Waals surface area (Å²) in [6.45, 7) is 0.693. The number of hydrogen-bond acceptors (Lipinski definition) is 6. The van der Waals surface area contributed by atoms with E-state index in [1.165, 1.54) is 0 Å². The number of aromatic nitrogens is 5. The summed E-state index contributed by atoms with van der Waals surface area (Å²) in [5.41, 5.74) is 3.73. The van der Waals surface area contributed by atoms with Gasteiger partial charge >= 0.3 is 5.97 Å². The first-order valence-corrected chi connectivity index (χ1v) is 13.2. The summed E-state index contributed by atoms with van der Waals surface area (Å²) in [6.07, 6.45) is 5.77. The van der Waals surface area contributed by atoms with Gasteiger partial charge in [0.15, 0.2) is 0 Å². The Bertz CT molecular complexity index is 1460. The summed E-state index contributed by atoms with van der Waals surface area (Å²) in [7, 11) is 0. The van der Waals surface area contributed by atoms with E-state index in [0.717, 1.165) is 59.0 Å². The molecule has 2 N–H and O–H groups in total. The second-order valence-electron chi connectivity index (χ2n) is 10.7. The molecule has 9 nitrogen and oxygen atoms in total. The number of aromatic amines is 1. The van der Waals surface area contributed by atoms with Crippen LogP contribution >= 0.6 is 0 Å². The number of hydrogen-bond donors (Lipinski definition) is 2. The van der Waals surface area contributed by atoms with Crippen molar-refractivity contribution >= 4 is 22.8 Å². The molecule has 2 fully saturated rings. The smallest absolute Gasteiger partial charge is 0.311 e. The molecule has 38 heavy (non-hydrogen) atoms. The number of rotatable bonds is 9. The van der Waals surface area contributed by atoms with Crippen LogP contribution < -0.4 is 0 Å². The molecule has 2 aromatic carbocycles. The SMILES string of the molecule is O=C(CC1CC1)N(Cc1ccc2nc(-c3ccc(-c4nn[nH]n4)cc3)ccc2c1)CC1(C(=O)O)CCCC1. The topological polar surface area (TPSA) is 125 Å². The zero-order valence-corrected chi connectivity index (χ0v) is 21.1. The van der Waals surface area contributed by atoms with E-state index in [2.05, 4.69) is 26.7 Å². The van der Waals surface area contributed by atoms with E-state index in [4.69, 9.17) is 4.98 Å². The zero-order chi connectivity index (χ0) is 26.1. The van der Waals surface area contributed by atoms with Crippen molar-refractivity contribution in [3.63, 3.8) is 0 Å². The van der Waals surface area contributed by atoms with Gasteiger partial charge in [0.05, 0.1) is 16.6 Å². The Hall–Kier alpha value is -4.14. The largest absolute Gasteiger partial charge is 0.481 e. The van der Waals surface area contributed by atoms with Gasteiger partial charge in [-0.25, -0.2) is 4.98 Å². The first kappa shape index (κ1) is 24.2. The summed E-state index contributed by atoms with van der Waals surface area (Å²) in [5, 5.41) is 25.1. The third-order valence-corrected chi connectivity index (χ3v) is 7.93. The Morgan fingerprint density at radius 1 is 1.00 bits per heavy atom. The van der Waals surface area contributed by atoms with E-state index in [-0.39, 0.29) is 12.5 Å². The number of fused-ring (bicyclic) bond motifs is 1. The highest BCUT2D eigenvalue weighted by molar-refractivity contribution is 5.83. The third kappa shape index (κ3) is 5.01. The molecule has 194 valence electrons. The Kier molecular flexibility index (Phi) is 6.35. The molecule has 2 aliphatic carbocycles. The molecular formula is C29H30N6O3. The van der Waals surface area contributed by atoms with Gasteiger partial charge in [0.1, 0.15) is 0 Å². The minimum absolute atomic E-state index is 0.0675. The van der Waals surface area contributed by atoms with Gasteiger partial charge in [0, 0.05) is 36.0 Å². The van der Waals surface area contributed by atoms with Crippen LogP contribution in [0.4, 0.5) is 0 Å². The second-order valence-corrected chi connectivity index (χ2v) is 10.7. The Morgan fingerprint density at radius 2 is 1.76 bits per heavy atom. The monoisotopic (exact) mass is 510 g/mol. The van der Waals surface area contributed by atoms with Gasteiger partial charge in [-0.05, 0) is 60.6 Å². The van der Waals surface area contributed by atoms with Crippen LogP contribution in [0.3, 0.4) is 0 Å². The predicted molar refractivity (Wildman–Crippen MR) is 142 cm³/mol. The third-order valence-electron chi connectivity index (χ3n) is 7.93. The van der Waals surface area contributed by atoms with E-state index in [1.54, 1.807) is 4.90 Å². The maximum Gasteiger partial charge on any atom is 0.311 e. The molecule has 0 saturated heterocycles. The molecule has 0 bridgehead atoms. The number of pyridine rings is 1. The van der Waals surface area contributed by atoms with Crippen molar-refractivity contribution in [1.82, 2.24) is 30.5 Å². The van der Waals surface area contributed by atoms with Crippen LogP contribution in [0.25, 0.3) is 33.5 Å². The number of amides is 1. The molecule has 6 rings (SSSR count). The fraction of sp³-hybridized carbons (Fsp3) is 0.379. The van der Waals surface area contributed by atoms with Crippen molar-refractivity contribution in [3.05, 3.63) is 60.2 Å². The van der Waals surface area contributed by atoms with Gasteiger partial charge in [-0.1, -0.05) is 49.2 Å². The van der Waals surface area contributed by atoms with Crippen LogP contribution in [0.15, 0.2) is 54.6 Å². The molecule has 2 heterocycles. The lowest BCUT2D eigenvalue weighted by Crippen LogP contribution is -2.44. The van der Waals surface area contributed by atoms with Crippen LogP contribution in [-0.2, 0) is 16.1 Å². The van der Waals surface area contributed by atoms with Crippen molar-refractivity contribution in [2.45, 2.75) is 51.5 Å². The lowest BCUT2D eigenvalue weighted by atomic mass is 9.85. The molecule has 2 aliphatic rings. The number of nitrogens with zero attached hydrogens (tertiary/aromatic N) is 5. The molecule has 0 aliphatic heterocycles. The van der Waals surface area contributed by atoms with E-state index < -0.39 is 11.4 Å². The average Bonchev–Trinajstić information content (AvgIpc) is 3.37. The van der Waals surface area contributed by atoms with Gasteiger partial charge < -0.3 is 10.0 Å². The summed E-state index contributed by atoms with van der Waals surface area (Å²) >= 11 is 0. The standard InChI is InChI=1S/C29H30N6O3/c36-26(16-19-3-4-19)35(18-29(28(37)38)13-1-2-14-29)17-20-5-11-25-23(15-20)10-12-24(30-25)21-6-8-22(9-7-21)27-31-33-34-32-27/h5-12,15,19H,1-4,13-14,16-18H2,(H,37,38)(H,31,32,33,34). The minimum atomic E-state index is -0.828. The quantitative estimate of drug-likeness (QED) is 0.329. The van der Waals surface area contributed by atoms with Crippen LogP contribution in [0, 0.1) is 11.3 Å². The molecule has 0 radical (unpaired) electrons. The summed E-state index contributed by atoms with van der Waals surface area (Å²) in [5.74, 6) is 0.287. The van der Waals surface area contributed by atoms with Crippen molar-refractivity contribution in [1.29, 1.82) is 0 Å². The summed E-state index contributed by atoms with van der Waals surface area (Å²) in [6, 6.07) is 17.9. The van der Waals surface area contributed by atoms with Crippen molar-refractivity contribution < 1.29 is 14.7 Å². The Labute approximate surface area is 220 Å². The number of nitrogens with one attached hydrogen (secondary N) is 1. The van der Waals surface area contributed by atoms with Crippen molar-refractivity contribution in [3.8, 4) is 22.6 Å². The van der Waals surface area contributed by atoms with Gasteiger partial charge in [-0.15, -0.1) is 10.2 Å². The summed E-state index contributed by atoms with van der Waals surface area (Å²) < 4.78 is 0. The number of carboxylic acids is 1. The molecule has 9 heteroatoms. The van der Waals surface area contributed by atoms with Crippen LogP contribution in [0.5, 0.6) is 0 Å². The van der Waals surface area contributed by atoms with E-state index in [9.17, 15) is 14.7 Å². The number of aliphatic carboxylic acids is 1. The molecule has 4 aromatic rings. The van der Waals surface area contributed by atoms with Crippen molar-refractivity contribution in [2.24, 2.45) is 11.3 Å². The molecular weight excluding hydrogens is 480 g/mol. The maximum absolute atomic E-state index is 13.2. The fourth-order valence-electron chi connectivity index (χ4n) is 5.52. The zero-order valence-electron chi connectivity index (χ0n) is 21.1. The van der Waals surface area contributed by atoms with Crippen LogP contribution in [-0.4, -0.2) is 54.0 Å². The highest BCUT2D eigenvalue weighted by atomic mass is 16.4. The number of tetrazole rings is 1. The van der Waals surface area contributed by atoms with Gasteiger partial charge in [0.25, 0.3) is 0 Å². The molecule has 0 atom stereocenters. The molecule has 2 saturated carbocycles. The predicted octanol–water partition coefficient (Wildman–Crippen LogP) is 4.86. The number of carbonyl (C=O) groups is 2. The fourth-order valence-corrected chi connectivity index (χ4v) is 5.52. The molecule has 1 amide bonds. The van der Waals surface area contributed by atoms with Gasteiger partial charge in [-0.2, -0.15) is 5.21 Å². The van der Waals surface area contributed by atoms with E-state index in [0.29, 0.717) is 37.5 Å². The lowest BCUT2D eigenvalue weighted by Gasteiger charge is -2.32. The maximum atomic E-state index is 13.2. The van der Waals surface area contributed by atoms with E-state index in [1.807, 2.05) is 48.5 Å². The van der Waals surface area contributed by atoms with Gasteiger partial charge in [-0.3, -0.25) is 9.59 Å². The number of H-pyrrole nitrogens is 1. The van der Waals surface area contributed by atoms with E-state index >= 15 is 0 Å². The Balaban J connectivity index is 1.22. The number of benzene rings is 2. The highest BCUT2D eigenvalue weighted by Gasteiger charge is 2.44. The highest BCUT2D eigenvalue weighted by Crippen LogP contribution is 2.40. The minimum Gasteiger partial charge on any atom is -0.481 e. The normalized spacial score (nSPS) is 16.5. The molecule has 0 unspecified atom stereocenters. The number of carboxylic acid groups (broad SMARTS) is 1. The molecule has 0 spiro atoms. The lowest BCUT2D eigenvalue weighted by molar-refractivity contribution is -0.151. The molecule has 2 aromatic heterocycles. The van der Waals surface area contributed by atoms with Crippen LogP contribution in [0.1, 0.15) is 50.5 Å². The first-order chi connectivity index (χ1) is 18.5. The van der Waals surface area contributed by atoms with Gasteiger partial charge in [0.2, 0.25) is 11.7 Å². The van der Waals surface area contributed by atoms with Crippen LogP contribution in [0.2, 0.25) is 0 Å².